The van der Waals surface area contributed by atoms with Gasteiger partial charge < -0.3 is 25.1 Å². The van der Waals surface area contributed by atoms with Crippen LogP contribution in [0, 0.1) is 0 Å². The van der Waals surface area contributed by atoms with E-state index >= 15 is 0 Å². The molecular formula is C19H23N5O5. The lowest BCUT2D eigenvalue weighted by Gasteiger charge is -2.09. The van der Waals surface area contributed by atoms with Gasteiger partial charge in [0.2, 0.25) is 0 Å². The number of carbonyl (C=O) groups is 1. The molecular weight excluding hydrogens is 378 g/mol. The zero-order chi connectivity index (χ0) is 20.8. The molecule has 3 rings (SSSR count). The number of ether oxygens (including phenoxy) is 3. The van der Waals surface area contributed by atoms with E-state index in [-0.39, 0.29) is 24.4 Å². The molecule has 0 aliphatic rings. The Bertz CT molecular complexity index is 987. The Morgan fingerprint density at radius 1 is 1.17 bits per heavy atom. The quantitative estimate of drug-likeness (QED) is 0.407. The summed E-state index contributed by atoms with van der Waals surface area (Å²) in [5.41, 5.74) is 7.50. The van der Waals surface area contributed by atoms with Crippen LogP contribution >= 0.6 is 0 Å². The molecule has 3 N–H and O–H groups in total. The number of methoxy groups -OCH3 is 1. The van der Waals surface area contributed by atoms with Gasteiger partial charge in [0.1, 0.15) is 5.75 Å². The number of hydrogen-bond acceptors (Lipinski definition) is 9. The number of anilines is 1. The molecule has 3 aromatic rings. The van der Waals surface area contributed by atoms with Crippen LogP contribution in [0.15, 0.2) is 24.3 Å². The van der Waals surface area contributed by atoms with Crippen molar-refractivity contribution in [2.75, 3.05) is 26.1 Å². The monoisotopic (exact) mass is 401 g/mol. The number of fused-ring (bicyclic) bond motifs is 1. The predicted molar refractivity (Wildman–Crippen MR) is 105 cm³/mol. The Balaban J connectivity index is 1.80. The summed E-state index contributed by atoms with van der Waals surface area (Å²) >= 11 is 0. The molecule has 0 saturated heterocycles. The van der Waals surface area contributed by atoms with Crippen molar-refractivity contribution in [2.45, 2.75) is 26.3 Å². The van der Waals surface area contributed by atoms with Crippen LogP contribution in [-0.4, -0.2) is 50.9 Å². The van der Waals surface area contributed by atoms with Crippen LogP contribution in [0.5, 0.6) is 17.8 Å². The maximum absolute atomic E-state index is 11.1. The minimum atomic E-state index is -0.460. The number of aromatic hydroxyl groups is 1. The van der Waals surface area contributed by atoms with E-state index in [1.807, 2.05) is 0 Å². The summed E-state index contributed by atoms with van der Waals surface area (Å²) < 4.78 is 16.9. The lowest BCUT2D eigenvalue weighted by Crippen LogP contribution is -2.12. The van der Waals surface area contributed by atoms with Crippen molar-refractivity contribution < 1.29 is 24.1 Å². The van der Waals surface area contributed by atoms with Gasteiger partial charge in [-0.3, -0.25) is 4.57 Å². The van der Waals surface area contributed by atoms with Crippen LogP contribution < -0.4 is 15.2 Å². The normalized spacial score (nSPS) is 10.8. The maximum atomic E-state index is 11.1. The molecule has 10 nitrogen and oxygen atoms in total. The summed E-state index contributed by atoms with van der Waals surface area (Å²) in [7, 11) is 1.30. The van der Waals surface area contributed by atoms with E-state index in [4.69, 9.17) is 15.2 Å². The second-order valence-electron chi connectivity index (χ2n) is 6.27. The number of carbonyl (C=O) groups excluding carboxylic acids is 1. The highest BCUT2D eigenvalue weighted by Gasteiger charge is 2.17. The number of nitrogen functional groups attached to an aromatic ring is 1. The number of aromatic nitrogens is 4. The molecule has 0 aliphatic heterocycles. The second-order valence-corrected chi connectivity index (χ2v) is 6.27. The largest absolute Gasteiger partial charge is 0.482 e. The number of rotatable bonds is 9. The molecule has 0 fully saturated rings. The topological polar surface area (TPSA) is 135 Å². The zero-order valence-corrected chi connectivity index (χ0v) is 16.3. The van der Waals surface area contributed by atoms with Gasteiger partial charge in [-0.25, -0.2) is 4.79 Å². The molecule has 0 atom stereocenters. The molecule has 0 aliphatic carbocycles. The fourth-order valence-corrected chi connectivity index (χ4v) is 2.58. The molecule has 0 saturated carbocycles. The highest BCUT2D eigenvalue weighted by Crippen LogP contribution is 2.26. The van der Waals surface area contributed by atoms with Crippen LogP contribution in [0.2, 0.25) is 0 Å². The first-order valence-corrected chi connectivity index (χ1v) is 9.16. The maximum Gasteiger partial charge on any atom is 0.343 e. The van der Waals surface area contributed by atoms with Crippen molar-refractivity contribution in [1.82, 2.24) is 19.5 Å². The molecule has 0 bridgehead atoms. The van der Waals surface area contributed by atoms with Crippen molar-refractivity contribution in [3.63, 3.8) is 0 Å². The predicted octanol–water partition coefficient (Wildman–Crippen LogP) is 1.89. The van der Waals surface area contributed by atoms with Gasteiger partial charge in [-0.05, 0) is 24.1 Å². The SMILES string of the molecule is CCCCOc1nc(N)c2nc(O)n(Cc3ccc(OCC(=O)OC)cc3)c2n1. The highest BCUT2D eigenvalue weighted by molar-refractivity contribution is 5.83. The van der Waals surface area contributed by atoms with Crippen LogP contribution in [0.4, 0.5) is 5.82 Å². The Morgan fingerprint density at radius 3 is 2.62 bits per heavy atom. The standard InChI is InChI=1S/C19H23N5O5/c1-3-4-9-28-18-22-16(20)15-17(23-18)24(19(26)21-15)10-12-5-7-13(8-6-12)29-11-14(25)27-2/h5-8H,3-4,9-11H2,1-2H3,(H,21,26)(H2,20,22,23). The van der Waals surface area contributed by atoms with Crippen molar-refractivity contribution in [2.24, 2.45) is 0 Å². The van der Waals surface area contributed by atoms with E-state index in [1.165, 1.54) is 11.7 Å². The number of benzene rings is 1. The smallest absolute Gasteiger partial charge is 0.343 e. The van der Waals surface area contributed by atoms with E-state index in [0.29, 0.717) is 30.1 Å². The summed E-state index contributed by atoms with van der Waals surface area (Å²) in [4.78, 5) is 23.6. The number of hydrogen-bond donors (Lipinski definition) is 2. The minimum absolute atomic E-state index is 0.141. The molecule has 0 amide bonds. The van der Waals surface area contributed by atoms with Crippen LogP contribution in [0.1, 0.15) is 25.3 Å². The third-order valence-corrected chi connectivity index (χ3v) is 4.16. The molecule has 0 radical (unpaired) electrons. The summed E-state index contributed by atoms with van der Waals surface area (Å²) in [6, 6.07) is 6.98. The van der Waals surface area contributed by atoms with E-state index in [2.05, 4.69) is 26.6 Å². The van der Waals surface area contributed by atoms with Crippen molar-refractivity contribution in [3.05, 3.63) is 29.8 Å². The lowest BCUT2D eigenvalue weighted by atomic mass is 10.2. The molecule has 2 heterocycles. The number of nitrogens with zero attached hydrogens (tertiary/aromatic N) is 4. The van der Waals surface area contributed by atoms with Gasteiger partial charge in [-0.15, -0.1) is 0 Å². The first-order chi connectivity index (χ1) is 14.0. The second kappa shape index (κ2) is 9.09. The summed E-state index contributed by atoms with van der Waals surface area (Å²) in [5.74, 6) is 0.206. The van der Waals surface area contributed by atoms with Crippen molar-refractivity contribution in [3.8, 4) is 17.8 Å². The molecule has 10 heteroatoms. The van der Waals surface area contributed by atoms with Crippen LogP contribution in [0.25, 0.3) is 11.2 Å². The first kappa shape index (κ1) is 20.2. The fourth-order valence-electron chi connectivity index (χ4n) is 2.58. The van der Waals surface area contributed by atoms with Gasteiger partial charge in [0.15, 0.2) is 23.6 Å². The minimum Gasteiger partial charge on any atom is -0.482 e. The third-order valence-electron chi connectivity index (χ3n) is 4.16. The zero-order valence-electron chi connectivity index (χ0n) is 16.3. The van der Waals surface area contributed by atoms with Crippen LogP contribution in [0.3, 0.4) is 0 Å². The van der Waals surface area contributed by atoms with Gasteiger partial charge in [0, 0.05) is 0 Å². The fraction of sp³-hybridized carbons (Fsp3) is 0.368. The van der Waals surface area contributed by atoms with Gasteiger partial charge in [-0.2, -0.15) is 15.0 Å². The van der Waals surface area contributed by atoms with Gasteiger partial charge in [0.25, 0.3) is 6.01 Å². The molecule has 2 aromatic heterocycles. The van der Waals surface area contributed by atoms with Gasteiger partial charge in [0.05, 0.1) is 20.3 Å². The Kier molecular flexibility index (Phi) is 6.32. The van der Waals surface area contributed by atoms with E-state index in [1.54, 1.807) is 24.3 Å². The summed E-state index contributed by atoms with van der Waals surface area (Å²) in [6.45, 7) is 2.67. The van der Waals surface area contributed by atoms with Crippen molar-refractivity contribution >= 4 is 23.0 Å². The van der Waals surface area contributed by atoms with E-state index in [0.717, 1.165) is 18.4 Å². The number of unbranched alkanes of at least 4 members (excludes halogenated alkanes) is 1. The summed E-state index contributed by atoms with van der Waals surface area (Å²) in [6.07, 6.45) is 1.85. The Morgan fingerprint density at radius 2 is 1.93 bits per heavy atom. The van der Waals surface area contributed by atoms with Crippen molar-refractivity contribution in [1.29, 1.82) is 0 Å². The van der Waals surface area contributed by atoms with E-state index in [9.17, 15) is 9.90 Å². The highest BCUT2D eigenvalue weighted by atomic mass is 16.6. The number of esters is 1. The average Bonchev–Trinajstić information content (AvgIpc) is 3.03. The first-order valence-electron chi connectivity index (χ1n) is 9.16. The van der Waals surface area contributed by atoms with E-state index < -0.39 is 5.97 Å². The summed E-state index contributed by atoms with van der Waals surface area (Å²) in [5, 5.41) is 10.3. The van der Waals surface area contributed by atoms with Gasteiger partial charge >= 0.3 is 12.0 Å². The Hall–Kier alpha value is -3.56. The average molecular weight is 401 g/mol. The molecule has 0 spiro atoms. The third kappa shape index (κ3) is 4.84. The molecule has 0 unspecified atom stereocenters. The number of nitrogens with two attached hydrogens (primary N) is 1. The lowest BCUT2D eigenvalue weighted by molar-refractivity contribution is -0.142. The molecule has 29 heavy (non-hydrogen) atoms. The van der Waals surface area contributed by atoms with Crippen LogP contribution in [-0.2, 0) is 16.1 Å². The molecule has 154 valence electrons. The number of imidazole rings is 1. The van der Waals surface area contributed by atoms with Gasteiger partial charge in [-0.1, -0.05) is 25.5 Å². The Labute approximate surface area is 167 Å². The molecule has 1 aromatic carbocycles.